The Morgan fingerprint density at radius 3 is 2.06 bits per heavy atom. The molecular formula is C12H25F3N2. The van der Waals surface area contributed by atoms with E-state index in [1.807, 2.05) is 0 Å². The maximum atomic E-state index is 12.1. The average Bonchev–Trinajstić information content (AvgIpc) is 2.10. The minimum absolute atomic E-state index is 0.0458. The first-order valence-corrected chi connectivity index (χ1v) is 5.99. The first-order valence-electron chi connectivity index (χ1n) is 5.99. The Hall–Kier alpha value is -0.290. The van der Waals surface area contributed by atoms with Gasteiger partial charge in [0, 0.05) is 13.1 Å². The van der Waals surface area contributed by atoms with Gasteiger partial charge in [0.2, 0.25) is 0 Å². The Labute approximate surface area is 102 Å². The van der Waals surface area contributed by atoms with Gasteiger partial charge in [-0.2, -0.15) is 13.2 Å². The molecule has 0 amide bonds. The molecule has 0 aromatic carbocycles. The smallest absolute Gasteiger partial charge is 0.330 e. The van der Waals surface area contributed by atoms with Gasteiger partial charge in [-0.1, -0.05) is 20.8 Å². The number of hydrogen-bond acceptors (Lipinski definition) is 2. The third-order valence-corrected chi connectivity index (χ3v) is 2.58. The second-order valence-electron chi connectivity index (χ2n) is 5.99. The van der Waals surface area contributed by atoms with Gasteiger partial charge in [-0.05, 0) is 31.3 Å². The van der Waals surface area contributed by atoms with E-state index in [1.165, 1.54) is 0 Å². The van der Waals surface area contributed by atoms with E-state index in [2.05, 4.69) is 20.8 Å². The highest BCUT2D eigenvalue weighted by atomic mass is 19.4. The van der Waals surface area contributed by atoms with E-state index in [0.29, 0.717) is 13.1 Å². The number of hydrogen-bond donors (Lipinski definition) is 1. The van der Waals surface area contributed by atoms with Gasteiger partial charge < -0.3 is 10.6 Å². The molecule has 0 aromatic rings. The topological polar surface area (TPSA) is 29.3 Å². The summed E-state index contributed by atoms with van der Waals surface area (Å²) >= 11 is 0. The quantitative estimate of drug-likeness (QED) is 0.789. The molecule has 0 heterocycles. The van der Waals surface area contributed by atoms with Crippen LogP contribution in [0.1, 0.15) is 33.6 Å². The molecule has 2 N–H and O–H groups in total. The second-order valence-corrected chi connectivity index (χ2v) is 5.99. The first kappa shape index (κ1) is 16.7. The van der Waals surface area contributed by atoms with Gasteiger partial charge in [0.15, 0.2) is 0 Å². The minimum atomic E-state index is -4.07. The summed E-state index contributed by atoms with van der Waals surface area (Å²) in [5, 5.41) is 0. The van der Waals surface area contributed by atoms with Crippen molar-refractivity contribution in [2.75, 3.05) is 26.7 Å². The Kier molecular flexibility index (Phi) is 6.48. The van der Waals surface area contributed by atoms with Crippen LogP contribution < -0.4 is 5.73 Å². The zero-order chi connectivity index (χ0) is 13.7. The van der Waals surface area contributed by atoms with Crippen LogP contribution in [-0.4, -0.2) is 37.8 Å². The molecule has 1 unspecified atom stereocenters. The third-order valence-electron chi connectivity index (χ3n) is 2.58. The molecular weight excluding hydrogens is 229 g/mol. The molecule has 0 saturated heterocycles. The molecule has 1 atom stereocenters. The van der Waals surface area contributed by atoms with Crippen LogP contribution >= 0.6 is 0 Å². The van der Waals surface area contributed by atoms with Gasteiger partial charge in [-0.15, -0.1) is 0 Å². The summed E-state index contributed by atoms with van der Waals surface area (Å²) in [7, 11) is 1.72. The largest absolute Gasteiger partial charge is 0.390 e. The second kappa shape index (κ2) is 6.59. The molecule has 0 saturated carbocycles. The molecule has 0 bridgehead atoms. The monoisotopic (exact) mass is 254 g/mol. The van der Waals surface area contributed by atoms with E-state index in [1.54, 1.807) is 11.9 Å². The number of nitrogens with two attached hydrogens (primary N) is 1. The molecule has 0 radical (unpaired) electrons. The molecule has 0 aliphatic carbocycles. The van der Waals surface area contributed by atoms with Crippen molar-refractivity contribution in [2.24, 2.45) is 17.1 Å². The van der Waals surface area contributed by atoms with Crippen LogP contribution in [0.2, 0.25) is 0 Å². The number of nitrogens with zero attached hydrogens (tertiary/aromatic N) is 1. The van der Waals surface area contributed by atoms with E-state index in [9.17, 15) is 13.2 Å². The van der Waals surface area contributed by atoms with Crippen LogP contribution in [-0.2, 0) is 0 Å². The van der Waals surface area contributed by atoms with Crippen molar-refractivity contribution in [3.8, 4) is 0 Å². The van der Waals surface area contributed by atoms with Gasteiger partial charge in [0.05, 0.1) is 6.42 Å². The summed E-state index contributed by atoms with van der Waals surface area (Å²) in [5.74, 6) is 0.258. The summed E-state index contributed by atoms with van der Waals surface area (Å²) in [4.78, 5) is 1.72. The van der Waals surface area contributed by atoms with Crippen molar-refractivity contribution < 1.29 is 13.2 Å². The molecule has 0 fully saturated rings. The molecule has 0 rings (SSSR count). The van der Waals surface area contributed by atoms with Gasteiger partial charge in [0.1, 0.15) is 0 Å². The van der Waals surface area contributed by atoms with Crippen LogP contribution in [0.25, 0.3) is 0 Å². The molecule has 5 heteroatoms. The Morgan fingerprint density at radius 2 is 1.71 bits per heavy atom. The maximum Gasteiger partial charge on any atom is 0.390 e. The molecule has 0 aliphatic heterocycles. The SMILES string of the molecule is CN(CCC(F)(F)F)CC(CN)CC(C)(C)C. The fourth-order valence-corrected chi connectivity index (χ4v) is 1.94. The van der Waals surface area contributed by atoms with Crippen LogP contribution in [0.3, 0.4) is 0 Å². The summed E-state index contributed by atoms with van der Waals surface area (Å²) in [6.45, 7) is 7.55. The van der Waals surface area contributed by atoms with Gasteiger partial charge in [-0.3, -0.25) is 0 Å². The highest BCUT2D eigenvalue weighted by Gasteiger charge is 2.27. The van der Waals surface area contributed by atoms with E-state index < -0.39 is 12.6 Å². The summed E-state index contributed by atoms with van der Waals surface area (Å²) < 4.78 is 36.2. The highest BCUT2D eigenvalue weighted by Crippen LogP contribution is 2.25. The Bertz CT molecular complexity index is 209. The molecule has 0 spiro atoms. The number of halogens is 3. The number of alkyl halides is 3. The van der Waals surface area contributed by atoms with Gasteiger partial charge >= 0.3 is 6.18 Å². The third kappa shape index (κ3) is 10.6. The normalized spacial score (nSPS) is 15.4. The minimum Gasteiger partial charge on any atom is -0.330 e. The van der Waals surface area contributed by atoms with Crippen molar-refractivity contribution in [3.63, 3.8) is 0 Å². The van der Waals surface area contributed by atoms with Gasteiger partial charge in [0.25, 0.3) is 0 Å². The van der Waals surface area contributed by atoms with E-state index >= 15 is 0 Å². The van der Waals surface area contributed by atoms with Crippen LogP contribution in [0.5, 0.6) is 0 Å². The van der Waals surface area contributed by atoms with Crippen LogP contribution in [0, 0.1) is 11.3 Å². The molecule has 2 nitrogen and oxygen atoms in total. The van der Waals surface area contributed by atoms with E-state index in [0.717, 1.165) is 6.42 Å². The number of rotatable bonds is 6. The van der Waals surface area contributed by atoms with Crippen LogP contribution in [0.15, 0.2) is 0 Å². The first-order chi connectivity index (χ1) is 7.53. The van der Waals surface area contributed by atoms with Crippen molar-refractivity contribution in [2.45, 2.75) is 39.8 Å². The van der Waals surface area contributed by atoms with Crippen molar-refractivity contribution in [3.05, 3.63) is 0 Å². The van der Waals surface area contributed by atoms with Crippen molar-refractivity contribution in [1.29, 1.82) is 0 Å². The Balaban J connectivity index is 4.03. The van der Waals surface area contributed by atoms with E-state index in [4.69, 9.17) is 5.73 Å². The molecule has 104 valence electrons. The lowest BCUT2D eigenvalue weighted by molar-refractivity contribution is -0.137. The fourth-order valence-electron chi connectivity index (χ4n) is 1.94. The van der Waals surface area contributed by atoms with E-state index in [-0.39, 0.29) is 17.9 Å². The summed E-state index contributed by atoms with van der Waals surface area (Å²) in [6.07, 6.45) is -3.90. The molecule has 0 aromatic heterocycles. The zero-order valence-corrected chi connectivity index (χ0v) is 11.3. The summed E-state index contributed by atoms with van der Waals surface area (Å²) in [5.41, 5.74) is 5.82. The Morgan fingerprint density at radius 1 is 1.18 bits per heavy atom. The lowest BCUT2D eigenvalue weighted by Gasteiger charge is -2.28. The standard InChI is InChI=1S/C12H25F3N2/c1-11(2,3)7-10(8-16)9-17(4)6-5-12(13,14)15/h10H,5-9,16H2,1-4H3. The molecule has 0 aliphatic rings. The lowest BCUT2D eigenvalue weighted by Crippen LogP contribution is -2.34. The van der Waals surface area contributed by atoms with Crippen molar-refractivity contribution >= 4 is 0 Å². The maximum absolute atomic E-state index is 12.1. The average molecular weight is 254 g/mol. The lowest BCUT2D eigenvalue weighted by atomic mass is 9.84. The van der Waals surface area contributed by atoms with Gasteiger partial charge in [-0.25, -0.2) is 0 Å². The predicted octanol–water partition coefficient (Wildman–Crippen LogP) is 2.88. The van der Waals surface area contributed by atoms with Crippen molar-refractivity contribution in [1.82, 2.24) is 4.90 Å². The van der Waals surface area contributed by atoms with Crippen LogP contribution in [0.4, 0.5) is 13.2 Å². The zero-order valence-electron chi connectivity index (χ0n) is 11.3. The predicted molar refractivity (Wildman–Crippen MR) is 64.8 cm³/mol. The summed E-state index contributed by atoms with van der Waals surface area (Å²) in [6, 6.07) is 0. The highest BCUT2D eigenvalue weighted by molar-refractivity contribution is 4.73. The fraction of sp³-hybridized carbons (Fsp3) is 1.00. The molecule has 17 heavy (non-hydrogen) atoms.